The monoisotopic (exact) mass is 358 g/mol. The molecule has 0 radical (unpaired) electrons. The van der Waals surface area contributed by atoms with Gasteiger partial charge in [-0.15, -0.1) is 0 Å². The van der Waals surface area contributed by atoms with Gasteiger partial charge in [0.2, 0.25) is 0 Å². The summed E-state index contributed by atoms with van der Waals surface area (Å²) in [5, 5.41) is 5.36. The largest absolute Gasteiger partial charge is 0.350 e. The third-order valence-corrected chi connectivity index (χ3v) is 3.86. The number of carbonyl (C=O) groups excluding carboxylic acids is 2. The summed E-state index contributed by atoms with van der Waals surface area (Å²) in [6.07, 6.45) is 0. The third kappa shape index (κ3) is 4.62. The van der Waals surface area contributed by atoms with Crippen LogP contribution in [0.4, 0.5) is 10.1 Å². The second kappa shape index (κ2) is 8.03. The molecule has 0 atom stereocenters. The summed E-state index contributed by atoms with van der Waals surface area (Å²) in [5.41, 5.74) is 2.01. The first-order valence-corrected chi connectivity index (χ1v) is 8.40. The molecule has 0 aliphatic carbocycles. The first-order chi connectivity index (χ1) is 12.2. The maximum atomic E-state index is 13.5. The predicted molar refractivity (Wildman–Crippen MR) is 97.8 cm³/mol. The quantitative estimate of drug-likeness (QED) is 0.860. The van der Waals surface area contributed by atoms with Gasteiger partial charge in [0.25, 0.3) is 11.8 Å². The van der Waals surface area contributed by atoms with E-state index in [1.54, 1.807) is 26.8 Å². The van der Waals surface area contributed by atoms with Crippen molar-refractivity contribution in [3.63, 3.8) is 0 Å². The smallest absolute Gasteiger partial charge is 0.276 e. The molecular formula is C19H23FN4O2. The van der Waals surface area contributed by atoms with Gasteiger partial charge in [-0.3, -0.25) is 9.59 Å². The normalized spacial score (nSPS) is 10.7. The van der Waals surface area contributed by atoms with E-state index in [1.165, 1.54) is 12.1 Å². The maximum absolute atomic E-state index is 13.5. The Hall–Kier alpha value is -2.83. The van der Waals surface area contributed by atoms with Crippen LogP contribution in [0.15, 0.2) is 18.2 Å². The van der Waals surface area contributed by atoms with Crippen molar-refractivity contribution in [2.75, 3.05) is 11.9 Å². The summed E-state index contributed by atoms with van der Waals surface area (Å²) in [5.74, 6) is -1.28. The summed E-state index contributed by atoms with van der Waals surface area (Å²) in [6.45, 7) is 9.57. The molecule has 0 saturated carbocycles. The Kier molecular flexibility index (Phi) is 6.02. The zero-order valence-electron chi connectivity index (χ0n) is 15.6. The summed E-state index contributed by atoms with van der Waals surface area (Å²) in [4.78, 5) is 33.6. The van der Waals surface area contributed by atoms with Crippen molar-refractivity contribution in [1.82, 2.24) is 15.3 Å². The number of halogens is 1. The Balaban J connectivity index is 2.37. The van der Waals surface area contributed by atoms with Crippen LogP contribution in [0.25, 0.3) is 0 Å². The van der Waals surface area contributed by atoms with E-state index in [9.17, 15) is 14.0 Å². The number of rotatable bonds is 5. The lowest BCUT2D eigenvalue weighted by Gasteiger charge is -2.13. The van der Waals surface area contributed by atoms with E-state index >= 15 is 0 Å². The van der Waals surface area contributed by atoms with Gasteiger partial charge in [0.1, 0.15) is 5.82 Å². The Morgan fingerprint density at radius 2 is 1.62 bits per heavy atom. The van der Waals surface area contributed by atoms with Gasteiger partial charge >= 0.3 is 0 Å². The fourth-order valence-corrected chi connectivity index (χ4v) is 2.21. The minimum atomic E-state index is -0.607. The highest BCUT2D eigenvalue weighted by atomic mass is 19.1. The molecule has 7 heteroatoms. The van der Waals surface area contributed by atoms with Crippen LogP contribution in [0, 0.1) is 32.5 Å². The minimum Gasteiger partial charge on any atom is -0.350 e. The molecule has 0 spiro atoms. The van der Waals surface area contributed by atoms with Gasteiger partial charge in [0.15, 0.2) is 11.4 Å². The van der Waals surface area contributed by atoms with E-state index in [0.717, 1.165) is 0 Å². The predicted octanol–water partition coefficient (Wildman–Crippen LogP) is 3.18. The number of carbonyl (C=O) groups is 2. The number of hydrogen-bond acceptors (Lipinski definition) is 4. The molecule has 1 aromatic heterocycles. The van der Waals surface area contributed by atoms with Gasteiger partial charge in [-0.2, -0.15) is 0 Å². The number of hydrogen-bond donors (Lipinski definition) is 2. The van der Waals surface area contributed by atoms with Crippen LogP contribution in [-0.2, 0) is 0 Å². The van der Waals surface area contributed by atoms with Crippen molar-refractivity contribution >= 4 is 17.5 Å². The highest BCUT2D eigenvalue weighted by Gasteiger charge is 2.23. The first-order valence-electron chi connectivity index (χ1n) is 8.40. The molecule has 1 aromatic carbocycles. The molecule has 0 fully saturated rings. The van der Waals surface area contributed by atoms with Crippen molar-refractivity contribution in [2.45, 2.75) is 34.6 Å². The number of aromatic nitrogens is 2. The van der Waals surface area contributed by atoms with Crippen LogP contribution in [0.2, 0.25) is 0 Å². The lowest BCUT2D eigenvalue weighted by Crippen LogP contribution is -2.31. The van der Waals surface area contributed by atoms with Crippen molar-refractivity contribution in [3.8, 4) is 0 Å². The van der Waals surface area contributed by atoms with Gasteiger partial charge < -0.3 is 10.6 Å². The second-order valence-electron chi connectivity index (χ2n) is 6.61. The molecule has 0 aliphatic rings. The average molecular weight is 358 g/mol. The Labute approximate surface area is 152 Å². The van der Waals surface area contributed by atoms with E-state index < -0.39 is 17.6 Å². The van der Waals surface area contributed by atoms with Crippen LogP contribution >= 0.6 is 0 Å². The van der Waals surface area contributed by atoms with Gasteiger partial charge in [-0.05, 0) is 44.4 Å². The number of nitrogens with zero attached hydrogens (tertiary/aromatic N) is 2. The van der Waals surface area contributed by atoms with Crippen molar-refractivity contribution in [3.05, 3.63) is 52.4 Å². The molecule has 0 bridgehead atoms. The molecule has 138 valence electrons. The molecule has 1 heterocycles. The Morgan fingerprint density at radius 3 is 2.19 bits per heavy atom. The van der Waals surface area contributed by atoms with E-state index in [2.05, 4.69) is 20.6 Å². The topological polar surface area (TPSA) is 84.0 Å². The van der Waals surface area contributed by atoms with E-state index in [1.807, 2.05) is 13.8 Å². The maximum Gasteiger partial charge on any atom is 0.276 e. The van der Waals surface area contributed by atoms with Gasteiger partial charge in [-0.25, -0.2) is 14.4 Å². The molecule has 2 aromatic rings. The standard InChI is InChI=1S/C19H23FN4O2/c1-10(2)9-21-18(25)16-17(23-13(5)12(4)22-16)19(26)24-15-8-14(20)7-6-11(15)3/h6-8,10H,9H2,1-5H3,(H,21,25)(H,24,26). The van der Waals surface area contributed by atoms with Crippen molar-refractivity contribution < 1.29 is 14.0 Å². The average Bonchev–Trinajstić information content (AvgIpc) is 2.57. The fourth-order valence-electron chi connectivity index (χ4n) is 2.21. The van der Waals surface area contributed by atoms with Crippen LogP contribution in [0.3, 0.4) is 0 Å². The minimum absolute atomic E-state index is 0.0414. The van der Waals surface area contributed by atoms with Crippen LogP contribution < -0.4 is 10.6 Å². The number of aryl methyl sites for hydroxylation is 3. The van der Waals surface area contributed by atoms with Crippen molar-refractivity contribution in [2.24, 2.45) is 5.92 Å². The van der Waals surface area contributed by atoms with E-state index in [-0.39, 0.29) is 17.3 Å². The molecule has 2 rings (SSSR count). The number of amides is 2. The van der Waals surface area contributed by atoms with Gasteiger partial charge in [0.05, 0.1) is 11.4 Å². The van der Waals surface area contributed by atoms with Gasteiger partial charge in [0, 0.05) is 12.2 Å². The number of benzene rings is 1. The number of nitrogens with one attached hydrogen (secondary N) is 2. The summed E-state index contributed by atoms with van der Waals surface area (Å²) >= 11 is 0. The second-order valence-corrected chi connectivity index (χ2v) is 6.61. The third-order valence-electron chi connectivity index (χ3n) is 3.86. The zero-order valence-corrected chi connectivity index (χ0v) is 15.6. The van der Waals surface area contributed by atoms with Crippen molar-refractivity contribution in [1.29, 1.82) is 0 Å². The highest BCUT2D eigenvalue weighted by molar-refractivity contribution is 6.10. The summed E-state index contributed by atoms with van der Waals surface area (Å²) in [7, 11) is 0. The summed E-state index contributed by atoms with van der Waals surface area (Å²) < 4.78 is 13.5. The Morgan fingerprint density at radius 1 is 1.04 bits per heavy atom. The summed E-state index contributed by atoms with van der Waals surface area (Å²) in [6, 6.07) is 4.10. The first kappa shape index (κ1) is 19.5. The van der Waals surface area contributed by atoms with Crippen LogP contribution in [0.5, 0.6) is 0 Å². The van der Waals surface area contributed by atoms with Crippen LogP contribution in [0.1, 0.15) is 51.8 Å². The van der Waals surface area contributed by atoms with E-state index in [0.29, 0.717) is 29.2 Å². The molecule has 0 aliphatic heterocycles. The number of anilines is 1. The molecule has 0 unspecified atom stereocenters. The molecule has 0 saturated heterocycles. The molecule has 6 nitrogen and oxygen atoms in total. The Bertz CT molecular complexity index is 850. The highest BCUT2D eigenvalue weighted by Crippen LogP contribution is 2.18. The fraction of sp³-hybridized carbons (Fsp3) is 0.368. The van der Waals surface area contributed by atoms with Gasteiger partial charge in [-0.1, -0.05) is 19.9 Å². The molecular weight excluding hydrogens is 335 g/mol. The zero-order chi connectivity index (χ0) is 19.4. The SMILES string of the molecule is Cc1ccc(F)cc1NC(=O)c1nc(C)c(C)nc1C(=O)NCC(C)C. The molecule has 2 amide bonds. The molecule has 26 heavy (non-hydrogen) atoms. The lowest BCUT2D eigenvalue weighted by molar-refractivity contribution is 0.0929. The van der Waals surface area contributed by atoms with E-state index in [4.69, 9.17) is 0 Å². The van der Waals surface area contributed by atoms with Crippen LogP contribution in [-0.4, -0.2) is 28.3 Å². The molecule has 2 N–H and O–H groups in total. The lowest BCUT2D eigenvalue weighted by atomic mass is 10.1.